The Morgan fingerprint density at radius 3 is 2.22 bits per heavy atom. The smallest absolute Gasteiger partial charge is 0.326 e. The first-order valence-electron chi connectivity index (χ1n) is 15.4. The highest BCUT2D eigenvalue weighted by atomic mass is 16.4. The first-order chi connectivity index (χ1) is 23.2. The molecule has 0 fully saturated rings. The van der Waals surface area contributed by atoms with Gasteiger partial charge < -0.3 is 40.9 Å². The highest BCUT2D eigenvalue weighted by Crippen LogP contribution is 2.39. The molecule has 15 heteroatoms. The Balaban J connectivity index is 0.000000273. The van der Waals surface area contributed by atoms with Crippen molar-refractivity contribution in [2.45, 2.75) is 77.1 Å². The predicted molar refractivity (Wildman–Crippen MR) is 178 cm³/mol. The number of aromatic amines is 1. The third kappa shape index (κ3) is 10.6. The zero-order valence-electron chi connectivity index (χ0n) is 27.1. The van der Waals surface area contributed by atoms with Crippen LogP contribution in [0.3, 0.4) is 0 Å². The molecule has 0 saturated carbocycles. The lowest BCUT2D eigenvalue weighted by molar-refractivity contribution is -0.144. The van der Waals surface area contributed by atoms with Crippen molar-refractivity contribution < 1.29 is 44.4 Å². The fourth-order valence-electron chi connectivity index (χ4n) is 5.45. The summed E-state index contributed by atoms with van der Waals surface area (Å²) in [7, 11) is 0. The largest absolute Gasteiger partial charge is 0.481 e. The minimum absolute atomic E-state index is 0.125. The third-order valence-electron chi connectivity index (χ3n) is 7.83. The molecule has 0 aliphatic heterocycles. The fourth-order valence-corrected chi connectivity index (χ4v) is 5.45. The van der Waals surface area contributed by atoms with E-state index in [-0.39, 0.29) is 43.3 Å². The van der Waals surface area contributed by atoms with Crippen molar-refractivity contribution in [2.24, 2.45) is 0 Å². The quantitative estimate of drug-likeness (QED) is 0.121. The van der Waals surface area contributed by atoms with Crippen molar-refractivity contribution in [3.63, 3.8) is 0 Å². The lowest BCUT2D eigenvalue weighted by Crippen LogP contribution is -2.43. The van der Waals surface area contributed by atoms with E-state index in [2.05, 4.69) is 62.6 Å². The minimum Gasteiger partial charge on any atom is -0.481 e. The molecule has 4 rings (SSSR count). The van der Waals surface area contributed by atoms with Gasteiger partial charge in [-0.05, 0) is 68.0 Å². The number of aryl methyl sites for hydroxylation is 2. The van der Waals surface area contributed by atoms with Gasteiger partial charge in [0.2, 0.25) is 11.8 Å². The molecule has 0 unspecified atom stereocenters. The lowest BCUT2D eigenvalue weighted by atomic mass is 10.0. The Morgan fingerprint density at radius 2 is 1.65 bits per heavy atom. The van der Waals surface area contributed by atoms with Crippen LogP contribution in [-0.2, 0) is 37.0 Å². The summed E-state index contributed by atoms with van der Waals surface area (Å²) < 4.78 is 0. The molecule has 0 radical (unpaired) electrons. The number of fused-ring (bicyclic) bond motifs is 2. The van der Waals surface area contributed by atoms with E-state index in [1.165, 1.54) is 11.1 Å². The number of nitrogens with one attached hydrogen (secondary N) is 3. The summed E-state index contributed by atoms with van der Waals surface area (Å²) in [6, 6.07) is 9.76. The van der Waals surface area contributed by atoms with E-state index < -0.39 is 48.2 Å². The number of aliphatic carboxylic acids is 3. The molecular formula is C34H39N5O10. The van der Waals surface area contributed by atoms with Crippen LogP contribution in [0.5, 0.6) is 0 Å². The van der Waals surface area contributed by atoms with Crippen LogP contribution in [0.15, 0.2) is 41.2 Å². The van der Waals surface area contributed by atoms with E-state index >= 15 is 0 Å². The molecule has 3 aromatic rings. The SMILES string of the molecule is C#CCN(c1ccc(C)cc1)[C@H]1CCc2cc3nc(CO)[nH]c(=O)c3cc21.CC(=O)N[C@@H](CCC(=O)N[C@H](CCC(=O)O)C(=O)O)C(=O)O. The number of aliphatic hydroxyl groups excluding tert-OH is 1. The second kappa shape index (κ2) is 17.4. The second-order valence-electron chi connectivity index (χ2n) is 11.5. The van der Waals surface area contributed by atoms with Gasteiger partial charge in [-0.1, -0.05) is 23.6 Å². The summed E-state index contributed by atoms with van der Waals surface area (Å²) in [5.41, 5.74) is 5.00. The topological polar surface area (TPSA) is 239 Å². The van der Waals surface area contributed by atoms with E-state index in [0.29, 0.717) is 17.4 Å². The van der Waals surface area contributed by atoms with Crippen LogP contribution in [0.2, 0.25) is 0 Å². The first-order valence-corrected chi connectivity index (χ1v) is 15.4. The highest BCUT2D eigenvalue weighted by molar-refractivity contribution is 5.86. The maximum atomic E-state index is 12.4. The Labute approximate surface area is 281 Å². The molecule has 1 aliphatic carbocycles. The summed E-state index contributed by atoms with van der Waals surface area (Å²) in [5.74, 6) is -2.15. The van der Waals surface area contributed by atoms with Gasteiger partial charge in [-0.3, -0.25) is 19.2 Å². The van der Waals surface area contributed by atoms with Crippen LogP contribution in [0.4, 0.5) is 5.69 Å². The van der Waals surface area contributed by atoms with Crippen molar-refractivity contribution in [3.05, 3.63) is 69.3 Å². The van der Waals surface area contributed by atoms with Crippen LogP contribution in [0.1, 0.15) is 67.6 Å². The Morgan fingerprint density at radius 1 is 1.02 bits per heavy atom. The standard InChI is InChI=1S/C22H21N3O2.C12H18N2O8/c1-3-10-25(16-7-4-14(2)5-8-16)20-9-6-15-11-19-18(12-17(15)20)22(27)24-21(13-26)23-19;1-6(15)13-7(11(19)20)2-4-9(16)14-8(12(21)22)3-5-10(17)18/h1,4-5,7-8,11-12,20,26H,6,9-10,13H2,2H3,(H,23,24,27);7-8H,2-5H2,1H3,(H,13,15)(H,14,16)(H,17,18)(H,19,20)(H,21,22)/t20-;7-,8+/m00/s1. The van der Waals surface area contributed by atoms with Crippen molar-refractivity contribution in [2.75, 3.05) is 11.4 Å². The van der Waals surface area contributed by atoms with Gasteiger partial charge >= 0.3 is 17.9 Å². The molecule has 49 heavy (non-hydrogen) atoms. The van der Waals surface area contributed by atoms with Crippen molar-refractivity contribution in [1.29, 1.82) is 0 Å². The summed E-state index contributed by atoms with van der Waals surface area (Å²) in [6.07, 6.45) is 6.24. The number of nitrogens with zero attached hydrogens (tertiary/aromatic N) is 2. The average Bonchev–Trinajstić information content (AvgIpc) is 3.45. The maximum Gasteiger partial charge on any atom is 0.326 e. The monoisotopic (exact) mass is 677 g/mol. The molecule has 260 valence electrons. The number of rotatable bonds is 14. The number of H-pyrrole nitrogens is 1. The Bertz CT molecular complexity index is 1800. The first kappa shape index (κ1) is 37.7. The summed E-state index contributed by atoms with van der Waals surface area (Å²) in [4.78, 5) is 76.2. The van der Waals surface area contributed by atoms with E-state index in [0.717, 1.165) is 31.0 Å². The highest BCUT2D eigenvalue weighted by Gasteiger charge is 2.29. The number of carboxylic acid groups (broad SMARTS) is 3. The van der Waals surface area contributed by atoms with Crippen molar-refractivity contribution in [3.8, 4) is 12.3 Å². The van der Waals surface area contributed by atoms with Crippen LogP contribution in [0.25, 0.3) is 10.9 Å². The average molecular weight is 678 g/mol. The molecule has 1 aromatic heterocycles. The summed E-state index contributed by atoms with van der Waals surface area (Å²) in [5, 5.41) is 40.3. The third-order valence-corrected chi connectivity index (χ3v) is 7.83. The van der Waals surface area contributed by atoms with Gasteiger partial charge in [0, 0.05) is 25.5 Å². The van der Waals surface area contributed by atoms with Crippen LogP contribution < -0.4 is 21.1 Å². The number of anilines is 1. The van der Waals surface area contributed by atoms with E-state index in [4.69, 9.17) is 21.7 Å². The molecule has 0 saturated heterocycles. The molecule has 2 amide bonds. The molecule has 3 atom stereocenters. The minimum atomic E-state index is -1.38. The van der Waals surface area contributed by atoms with Crippen LogP contribution >= 0.6 is 0 Å². The van der Waals surface area contributed by atoms with Crippen LogP contribution in [0, 0.1) is 19.3 Å². The number of hydrogen-bond acceptors (Lipinski definition) is 9. The van der Waals surface area contributed by atoms with Crippen LogP contribution in [-0.4, -0.2) is 78.7 Å². The zero-order chi connectivity index (χ0) is 36.2. The molecular weight excluding hydrogens is 638 g/mol. The van der Waals surface area contributed by atoms with Crippen molar-refractivity contribution in [1.82, 2.24) is 20.6 Å². The normalized spacial score (nSPS) is 14.3. The molecule has 0 spiro atoms. The zero-order valence-corrected chi connectivity index (χ0v) is 27.1. The molecule has 7 N–H and O–H groups in total. The number of benzene rings is 2. The lowest BCUT2D eigenvalue weighted by Gasteiger charge is -2.30. The maximum absolute atomic E-state index is 12.4. The number of terminal acetylenes is 1. The summed E-state index contributed by atoms with van der Waals surface area (Å²) >= 11 is 0. The molecule has 1 heterocycles. The second-order valence-corrected chi connectivity index (χ2v) is 11.5. The van der Waals surface area contributed by atoms with Gasteiger partial charge in [0.1, 0.15) is 24.5 Å². The number of aliphatic hydroxyl groups is 1. The number of carbonyl (C=O) groups is 5. The van der Waals surface area contributed by atoms with E-state index in [1.807, 2.05) is 12.1 Å². The Hall–Kier alpha value is -5.75. The molecule has 2 aromatic carbocycles. The van der Waals surface area contributed by atoms with Gasteiger partial charge in [0.15, 0.2) is 0 Å². The number of hydrogen-bond donors (Lipinski definition) is 7. The number of amides is 2. The van der Waals surface area contributed by atoms with Gasteiger partial charge in [0.05, 0.1) is 23.5 Å². The number of carbonyl (C=O) groups excluding carboxylic acids is 2. The number of carboxylic acids is 3. The van der Waals surface area contributed by atoms with Gasteiger partial charge in [-0.2, -0.15) is 0 Å². The molecule has 1 aliphatic rings. The van der Waals surface area contributed by atoms with Gasteiger partial charge in [-0.25, -0.2) is 14.6 Å². The summed E-state index contributed by atoms with van der Waals surface area (Å²) in [6.45, 7) is 3.41. The van der Waals surface area contributed by atoms with Gasteiger partial charge in [0.25, 0.3) is 5.56 Å². The number of aromatic nitrogens is 2. The molecule has 0 bridgehead atoms. The predicted octanol–water partition coefficient (Wildman–Crippen LogP) is 1.64. The van der Waals surface area contributed by atoms with Gasteiger partial charge in [-0.15, -0.1) is 6.42 Å². The van der Waals surface area contributed by atoms with Crippen molar-refractivity contribution >= 4 is 46.3 Å². The Kier molecular flexibility index (Phi) is 13.4. The van der Waals surface area contributed by atoms with E-state index in [9.17, 15) is 33.9 Å². The molecule has 15 nitrogen and oxygen atoms in total. The fraction of sp³-hybridized carbons (Fsp3) is 0.382. The van der Waals surface area contributed by atoms with E-state index in [1.54, 1.807) is 0 Å².